The number of rotatable bonds is 7. The van der Waals surface area contributed by atoms with Crippen LogP contribution in [0.4, 0.5) is 4.79 Å². The lowest BCUT2D eigenvalue weighted by molar-refractivity contribution is -0.150. The van der Waals surface area contributed by atoms with Crippen LogP contribution in [0.5, 0.6) is 0 Å². The molecule has 1 fully saturated rings. The largest absolute Gasteiger partial charge is 0.479 e. The Balaban J connectivity index is 2.16. The highest BCUT2D eigenvalue weighted by atomic mass is 16.6. The number of nitrogens with zero attached hydrogens (tertiary/aromatic N) is 1. The van der Waals surface area contributed by atoms with Crippen LogP contribution in [0.2, 0.25) is 0 Å². The molecule has 1 heterocycles. The van der Waals surface area contributed by atoms with Crippen molar-refractivity contribution in [3.8, 4) is 0 Å². The van der Waals surface area contributed by atoms with Gasteiger partial charge in [0.15, 0.2) is 0 Å². The maximum absolute atomic E-state index is 12.7. The van der Waals surface area contributed by atoms with E-state index in [-0.39, 0.29) is 12.6 Å². The first-order valence-electron chi connectivity index (χ1n) is 8.39. The number of carbonyl (C=O) groups excluding carboxylic acids is 1. The van der Waals surface area contributed by atoms with Gasteiger partial charge in [-0.15, -0.1) is 6.58 Å². The Morgan fingerprint density at radius 3 is 2.71 bits per heavy atom. The molecule has 5 heteroatoms. The molecular formula is C19H25NO4. The highest BCUT2D eigenvalue weighted by molar-refractivity contribution is 5.85. The summed E-state index contributed by atoms with van der Waals surface area (Å²) in [6.07, 6.45) is 4.20. The summed E-state index contributed by atoms with van der Waals surface area (Å²) < 4.78 is 5.43. The number of hydrogen-bond acceptors (Lipinski definition) is 3. The van der Waals surface area contributed by atoms with E-state index in [2.05, 4.69) is 6.58 Å². The van der Waals surface area contributed by atoms with E-state index < -0.39 is 17.6 Å². The van der Waals surface area contributed by atoms with Crippen molar-refractivity contribution in [3.63, 3.8) is 0 Å². The van der Waals surface area contributed by atoms with Gasteiger partial charge in [0, 0.05) is 6.04 Å². The number of likely N-dealkylation sites (tertiary alicyclic amines) is 1. The molecule has 5 nitrogen and oxygen atoms in total. The van der Waals surface area contributed by atoms with E-state index in [9.17, 15) is 14.7 Å². The van der Waals surface area contributed by atoms with E-state index in [1.165, 1.54) is 4.90 Å². The van der Waals surface area contributed by atoms with Crippen LogP contribution in [0.25, 0.3) is 0 Å². The maximum atomic E-state index is 12.7. The number of ether oxygens (including phenoxy) is 1. The van der Waals surface area contributed by atoms with Gasteiger partial charge < -0.3 is 9.84 Å². The lowest BCUT2D eigenvalue weighted by Gasteiger charge is -2.36. The van der Waals surface area contributed by atoms with Crippen LogP contribution >= 0.6 is 0 Å². The summed E-state index contributed by atoms with van der Waals surface area (Å²) in [5, 5.41) is 9.74. The fourth-order valence-corrected chi connectivity index (χ4v) is 3.41. The molecule has 0 aliphatic carbocycles. The van der Waals surface area contributed by atoms with Gasteiger partial charge in [-0.1, -0.05) is 43.3 Å². The standard InChI is InChI=1S/C19H25NO4/c1-3-5-11-16-12-13-19(4-2,17(21)22)20(16)18(23)24-14-15-9-7-6-8-10-15/h3,6-10,16H,1,4-5,11-14H2,2H3,(H,21,22)/t16-,19-/m1/s1. The van der Waals surface area contributed by atoms with Gasteiger partial charge in [-0.3, -0.25) is 4.90 Å². The molecule has 1 N–H and O–H groups in total. The van der Waals surface area contributed by atoms with Gasteiger partial charge in [-0.05, 0) is 37.7 Å². The van der Waals surface area contributed by atoms with E-state index in [0.717, 1.165) is 12.0 Å². The second-order valence-corrected chi connectivity index (χ2v) is 6.16. The molecule has 1 aliphatic heterocycles. The predicted molar refractivity (Wildman–Crippen MR) is 91.6 cm³/mol. The molecule has 1 aromatic rings. The molecule has 0 unspecified atom stereocenters. The second kappa shape index (κ2) is 7.99. The topological polar surface area (TPSA) is 66.8 Å². The molecule has 24 heavy (non-hydrogen) atoms. The van der Waals surface area contributed by atoms with Crippen molar-refractivity contribution in [1.29, 1.82) is 0 Å². The summed E-state index contributed by atoms with van der Waals surface area (Å²) >= 11 is 0. The average molecular weight is 331 g/mol. The molecule has 1 saturated heterocycles. The van der Waals surface area contributed by atoms with Crippen molar-refractivity contribution in [3.05, 3.63) is 48.6 Å². The van der Waals surface area contributed by atoms with Gasteiger partial charge in [0.05, 0.1) is 0 Å². The summed E-state index contributed by atoms with van der Waals surface area (Å²) in [5.41, 5.74) is -0.287. The van der Waals surface area contributed by atoms with Crippen LogP contribution in [0.15, 0.2) is 43.0 Å². The summed E-state index contributed by atoms with van der Waals surface area (Å²) in [6, 6.07) is 9.26. The number of aliphatic carboxylic acids is 1. The zero-order chi connectivity index (χ0) is 17.6. The Kier molecular flexibility index (Phi) is 6.01. The monoisotopic (exact) mass is 331 g/mol. The molecule has 0 bridgehead atoms. The highest BCUT2D eigenvalue weighted by Crippen LogP contribution is 2.39. The minimum Gasteiger partial charge on any atom is -0.479 e. The van der Waals surface area contributed by atoms with Gasteiger partial charge in [-0.2, -0.15) is 0 Å². The zero-order valence-corrected chi connectivity index (χ0v) is 14.1. The number of allylic oxidation sites excluding steroid dienone is 1. The van der Waals surface area contributed by atoms with Crippen molar-refractivity contribution in [2.45, 2.75) is 57.2 Å². The van der Waals surface area contributed by atoms with E-state index in [1.54, 1.807) is 6.08 Å². The van der Waals surface area contributed by atoms with E-state index in [0.29, 0.717) is 25.7 Å². The summed E-state index contributed by atoms with van der Waals surface area (Å²) in [4.78, 5) is 26.0. The van der Waals surface area contributed by atoms with Crippen molar-refractivity contribution in [2.75, 3.05) is 0 Å². The van der Waals surface area contributed by atoms with Crippen molar-refractivity contribution < 1.29 is 19.4 Å². The number of carboxylic acid groups (broad SMARTS) is 1. The number of amides is 1. The molecule has 0 aromatic heterocycles. The van der Waals surface area contributed by atoms with Crippen molar-refractivity contribution >= 4 is 12.1 Å². The predicted octanol–water partition coefficient (Wildman–Crippen LogP) is 3.99. The van der Waals surface area contributed by atoms with Crippen molar-refractivity contribution in [2.24, 2.45) is 0 Å². The normalized spacial score (nSPS) is 23.0. The van der Waals surface area contributed by atoms with Gasteiger partial charge in [-0.25, -0.2) is 9.59 Å². The molecule has 0 saturated carbocycles. The third kappa shape index (κ3) is 3.61. The van der Waals surface area contributed by atoms with Crippen LogP contribution in [0.3, 0.4) is 0 Å². The van der Waals surface area contributed by atoms with E-state index in [1.807, 2.05) is 37.3 Å². The second-order valence-electron chi connectivity index (χ2n) is 6.16. The third-order valence-corrected chi connectivity index (χ3v) is 4.81. The molecule has 2 rings (SSSR count). The fraction of sp³-hybridized carbons (Fsp3) is 0.474. The maximum Gasteiger partial charge on any atom is 0.411 e. The number of hydrogen-bond donors (Lipinski definition) is 1. The van der Waals surface area contributed by atoms with Crippen molar-refractivity contribution in [1.82, 2.24) is 4.90 Å². The summed E-state index contributed by atoms with van der Waals surface area (Å²) in [6.45, 7) is 5.66. The molecule has 1 aromatic carbocycles. The van der Waals surface area contributed by atoms with Crippen LogP contribution in [-0.4, -0.2) is 33.6 Å². The minimum absolute atomic E-state index is 0.123. The summed E-state index contributed by atoms with van der Waals surface area (Å²) in [5.74, 6) is -0.956. The zero-order valence-electron chi connectivity index (χ0n) is 14.1. The lowest BCUT2D eigenvalue weighted by Crippen LogP contribution is -2.55. The minimum atomic E-state index is -1.17. The SMILES string of the molecule is C=CCC[C@@H]1CC[C@](CC)(C(=O)O)N1C(=O)OCc1ccccc1. The molecule has 1 amide bonds. The summed E-state index contributed by atoms with van der Waals surface area (Å²) in [7, 11) is 0. The Morgan fingerprint density at radius 1 is 1.42 bits per heavy atom. The highest BCUT2D eigenvalue weighted by Gasteiger charge is 2.53. The molecule has 1 aliphatic rings. The van der Waals surface area contributed by atoms with Gasteiger partial charge in [0.25, 0.3) is 0 Å². The van der Waals surface area contributed by atoms with Gasteiger partial charge >= 0.3 is 12.1 Å². The first kappa shape index (κ1) is 18.0. The molecule has 130 valence electrons. The number of carbonyl (C=O) groups is 2. The van der Waals surface area contributed by atoms with E-state index in [4.69, 9.17) is 4.74 Å². The first-order valence-corrected chi connectivity index (χ1v) is 8.39. The smallest absolute Gasteiger partial charge is 0.411 e. The molecule has 2 atom stereocenters. The quantitative estimate of drug-likeness (QED) is 0.767. The third-order valence-electron chi connectivity index (χ3n) is 4.81. The molecular weight excluding hydrogens is 306 g/mol. The Labute approximate surface area is 142 Å². The number of benzene rings is 1. The lowest BCUT2D eigenvalue weighted by atomic mass is 9.93. The Hall–Kier alpha value is -2.30. The van der Waals surface area contributed by atoms with Crippen LogP contribution in [0.1, 0.15) is 44.6 Å². The van der Waals surface area contributed by atoms with Crippen LogP contribution < -0.4 is 0 Å². The van der Waals surface area contributed by atoms with E-state index >= 15 is 0 Å². The average Bonchev–Trinajstić information content (AvgIpc) is 2.98. The van der Waals surface area contributed by atoms with Gasteiger partial charge in [0.2, 0.25) is 0 Å². The van der Waals surface area contributed by atoms with Crippen LogP contribution in [-0.2, 0) is 16.1 Å². The Bertz CT molecular complexity index is 586. The first-order chi connectivity index (χ1) is 11.5. The molecule has 0 spiro atoms. The molecule has 0 radical (unpaired) electrons. The Morgan fingerprint density at radius 2 is 2.12 bits per heavy atom. The van der Waals surface area contributed by atoms with Gasteiger partial charge in [0.1, 0.15) is 12.1 Å². The fourth-order valence-electron chi connectivity index (χ4n) is 3.41. The van der Waals surface area contributed by atoms with Crippen LogP contribution in [0, 0.1) is 0 Å². The number of carboxylic acids is 1.